The van der Waals surface area contributed by atoms with E-state index < -0.39 is 0 Å². The first-order valence-electron chi connectivity index (χ1n) is 8.04. The van der Waals surface area contributed by atoms with Crippen molar-refractivity contribution in [2.24, 2.45) is 0 Å². The zero-order valence-corrected chi connectivity index (χ0v) is 13.4. The molecule has 1 aromatic rings. The molecule has 0 spiro atoms. The number of likely N-dealkylation sites (tertiary alicyclic amines) is 1. The fourth-order valence-corrected chi connectivity index (χ4v) is 2.49. The predicted molar refractivity (Wildman–Crippen MR) is 90.3 cm³/mol. The molecule has 0 bridgehead atoms. The van der Waals surface area contributed by atoms with Crippen molar-refractivity contribution in [2.75, 3.05) is 31.6 Å². The zero-order valence-electron chi connectivity index (χ0n) is 13.4. The SMILES string of the molecule is C=C(C)COc1ccc(NCC(=O)N2CCCCCC2)cc1. The van der Waals surface area contributed by atoms with Crippen molar-refractivity contribution in [3.63, 3.8) is 0 Å². The molecule has 1 heterocycles. The van der Waals surface area contributed by atoms with E-state index in [0.29, 0.717) is 13.2 Å². The molecule has 1 aliphatic rings. The van der Waals surface area contributed by atoms with Gasteiger partial charge in [0.25, 0.3) is 0 Å². The second-order valence-corrected chi connectivity index (χ2v) is 5.92. The lowest BCUT2D eigenvalue weighted by atomic mass is 10.2. The van der Waals surface area contributed by atoms with E-state index >= 15 is 0 Å². The number of ether oxygens (including phenoxy) is 1. The minimum atomic E-state index is 0.185. The van der Waals surface area contributed by atoms with Gasteiger partial charge in [-0.05, 0) is 49.6 Å². The molecule has 0 unspecified atom stereocenters. The Kier molecular flexibility index (Phi) is 6.31. The Balaban J connectivity index is 1.78. The van der Waals surface area contributed by atoms with E-state index in [-0.39, 0.29) is 5.91 Å². The van der Waals surface area contributed by atoms with Crippen LogP contribution in [-0.2, 0) is 4.79 Å². The first-order chi connectivity index (χ1) is 10.6. The van der Waals surface area contributed by atoms with Crippen molar-refractivity contribution in [1.29, 1.82) is 0 Å². The Morgan fingerprint density at radius 2 is 1.82 bits per heavy atom. The molecule has 2 rings (SSSR count). The highest BCUT2D eigenvalue weighted by atomic mass is 16.5. The maximum absolute atomic E-state index is 12.2. The van der Waals surface area contributed by atoms with Gasteiger partial charge in [-0.25, -0.2) is 0 Å². The summed E-state index contributed by atoms with van der Waals surface area (Å²) in [6, 6.07) is 7.68. The number of carbonyl (C=O) groups excluding carboxylic acids is 1. The molecule has 1 saturated heterocycles. The lowest BCUT2D eigenvalue weighted by molar-refractivity contribution is -0.129. The first-order valence-corrected chi connectivity index (χ1v) is 8.04. The zero-order chi connectivity index (χ0) is 15.8. The number of rotatable bonds is 6. The number of nitrogens with one attached hydrogen (secondary N) is 1. The van der Waals surface area contributed by atoms with Gasteiger partial charge in [-0.3, -0.25) is 4.79 Å². The molecule has 0 radical (unpaired) electrons. The molecule has 1 amide bonds. The van der Waals surface area contributed by atoms with Crippen LogP contribution in [0, 0.1) is 0 Å². The molecule has 22 heavy (non-hydrogen) atoms. The molecule has 0 saturated carbocycles. The molecular weight excluding hydrogens is 276 g/mol. The Hall–Kier alpha value is -1.97. The summed E-state index contributed by atoms with van der Waals surface area (Å²) in [5.41, 5.74) is 1.93. The number of carbonyl (C=O) groups is 1. The van der Waals surface area contributed by atoms with Crippen molar-refractivity contribution in [1.82, 2.24) is 4.90 Å². The quantitative estimate of drug-likeness (QED) is 0.818. The van der Waals surface area contributed by atoms with Crippen LogP contribution in [0.2, 0.25) is 0 Å². The van der Waals surface area contributed by atoms with Gasteiger partial charge < -0.3 is 15.0 Å². The number of nitrogens with zero attached hydrogens (tertiary/aromatic N) is 1. The summed E-state index contributed by atoms with van der Waals surface area (Å²) < 4.78 is 5.55. The van der Waals surface area contributed by atoms with Crippen molar-refractivity contribution in [3.05, 3.63) is 36.4 Å². The van der Waals surface area contributed by atoms with Crippen LogP contribution >= 0.6 is 0 Å². The van der Waals surface area contributed by atoms with Gasteiger partial charge in [0.2, 0.25) is 5.91 Å². The Labute approximate surface area is 133 Å². The highest BCUT2D eigenvalue weighted by molar-refractivity contribution is 5.80. The molecule has 0 atom stereocenters. The van der Waals surface area contributed by atoms with Gasteiger partial charge in [-0.2, -0.15) is 0 Å². The van der Waals surface area contributed by atoms with E-state index in [0.717, 1.165) is 42.9 Å². The fraction of sp³-hybridized carbons (Fsp3) is 0.500. The lowest BCUT2D eigenvalue weighted by Crippen LogP contribution is -2.36. The summed E-state index contributed by atoms with van der Waals surface area (Å²) in [5.74, 6) is 0.997. The van der Waals surface area contributed by atoms with E-state index in [1.165, 1.54) is 12.8 Å². The predicted octanol–water partition coefficient (Wildman–Crippen LogP) is 3.46. The average Bonchev–Trinajstić information content (AvgIpc) is 2.81. The van der Waals surface area contributed by atoms with Crippen LogP contribution in [0.3, 0.4) is 0 Å². The number of hydrogen-bond acceptors (Lipinski definition) is 3. The van der Waals surface area contributed by atoms with Crippen LogP contribution in [-0.4, -0.2) is 37.0 Å². The van der Waals surface area contributed by atoms with Gasteiger partial charge in [0, 0.05) is 18.8 Å². The number of anilines is 1. The second kappa shape index (κ2) is 8.47. The summed E-state index contributed by atoms with van der Waals surface area (Å²) >= 11 is 0. The maximum atomic E-state index is 12.2. The lowest BCUT2D eigenvalue weighted by Gasteiger charge is -2.20. The summed E-state index contributed by atoms with van der Waals surface area (Å²) in [5, 5.41) is 3.19. The summed E-state index contributed by atoms with van der Waals surface area (Å²) in [4.78, 5) is 14.2. The monoisotopic (exact) mass is 302 g/mol. The Bertz CT molecular complexity index is 488. The molecule has 1 aliphatic heterocycles. The topological polar surface area (TPSA) is 41.6 Å². The van der Waals surface area contributed by atoms with Crippen molar-refractivity contribution in [2.45, 2.75) is 32.6 Å². The van der Waals surface area contributed by atoms with Crippen molar-refractivity contribution in [3.8, 4) is 5.75 Å². The van der Waals surface area contributed by atoms with Gasteiger partial charge in [0.15, 0.2) is 0 Å². The number of benzene rings is 1. The normalized spacial score (nSPS) is 15.0. The fourth-order valence-electron chi connectivity index (χ4n) is 2.49. The van der Waals surface area contributed by atoms with Gasteiger partial charge >= 0.3 is 0 Å². The van der Waals surface area contributed by atoms with Crippen LogP contribution in [0.4, 0.5) is 5.69 Å². The minimum Gasteiger partial charge on any atom is -0.489 e. The standard InChI is InChI=1S/C18H26N2O2/c1-15(2)14-22-17-9-7-16(8-10-17)19-13-18(21)20-11-5-3-4-6-12-20/h7-10,19H,1,3-6,11-14H2,2H3. The first kappa shape index (κ1) is 16.4. The molecule has 1 fully saturated rings. The van der Waals surface area contributed by atoms with Crippen molar-refractivity contribution < 1.29 is 9.53 Å². The van der Waals surface area contributed by atoms with Crippen LogP contribution in [0.5, 0.6) is 5.75 Å². The van der Waals surface area contributed by atoms with Gasteiger partial charge in [0.05, 0.1) is 6.54 Å². The van der Waals surface area contributed by atoms with Crippen molar-refractivity contribution >= 4 is 11.6 Å². The highest BCUT2D eigenvalue weighted by Crippen LogP contribution is 2.16. The molecule has 4 heteroatoms. The van der Waals surface area contributed by atoms with E-state index in [1.807, 2.05) is 36.1 Å². The van der Waals surface area contributed by atoms with Gasteiger partial charge in [0.1, 0.15) is 12.4 Å². The second-order valence-electron chi connectivity index (χ2n) is 5.92. The molecule has 120 valence electrons. The van der Waals surface area contributed by atoms with E-state index in [4.69, 9.17) is 4.74 Å². The van der Waals surface area contributed by atoms with Crippen LogP contribution in [0.25, 0.3) is 0 Å². The highest BCUT2D eigenvalue weighted by Gasteiger charge is 2.14. The summed E-state index contributed by atoms with van der Waals surface area (Å²) in [6.07, 6.45) is 4.73. The summed E-state index contributed by atoms with van der Waals surface area (Å²) in [6.45, 7) is 8.42. The van der Waals surface area contributed by atoms with Gasteiger partial charge in [-0.1, -0.05) is 19.4 Å². The third kappa shape index (κ3) is 5.43. The number of amides is 1. The van der Waals surface area contributed by atoms with E-state index in [2.05, 4.69) is 11.9 Å². The molecule has 1 aromatic carbocycles. The van der Waals surface area contributed by atoms with E-state index in [9.17, 15) is 4.79 Å². The van der Waals surface area contributed by atoms with Crippen LogP contribution < -0.4 is 10.1 Å². The smallest absolute Gasteiger partial charge is 0.241 e. The third-order valence-corrected chi connectivity index (χ3v) is 3.74. The van der Waals surface area contributed by atoms with E-state index in [1.54, 1.807) is 0 Å². The number of hydrogen-bond donors (Lipinski definition) is 1. The Morgan fingerprint density at radius 1 is 1.18 bits per heavy atom. The molecule has 0 aliphatic carbocycles. The minimum absolute atomic E-state index is 0.185. The summed E-state index contributed by atoms with van der Waals surface area (Å²) in [7, 11) is 0. The third-order valence-electron chi connectivity index (χ3n) is 3.74. The van der Waals surface area contributed by atoms with Crippen LogP contribution in [0.1, 0.15) is 32.6 Å². The Morgan fingerprint density at radius 3 is 2.41 bits per heavy atom. The largest absolute Gasteiger partial charge is 0.489 e. The van der Waals surface area contributed by atoms with Gasteiger partial charge in [-0.15, -0.1) is 0 Å². The van der Waals surface area contributed by atoms with Crippen LogP contribution in [0.15, 0.2) is 36.4 Å². The molecular formula is C18H26N2O2. The molecule has 0 aromatic heterocycles. The maximum Gasteiger partial charge on any atom is 0.241 e. The molecule has 4 nitrogen and oxygen atoms in total. The molecule has 1 N–H and O–H groups in total. The average molecular weight is 302 g/mol.